The van der Waals surface area contributed by atoms with E-state index in [1.807, 2.05) is 52.6 Å². The fraction of sp³-hybridized carbons (Fsp3) is 0.211. The summed E-state index contributed by atoms with van der Waals surface area (Å²) < 4.78 is 3.78. The summed E-state index contributed by atoms with van der Waals surface area (Å²) in [6, 6.07) is 14.2. The van der Waals surface area contributed by atoms with Gasteiger partial charge in [0.2, 0.25) is 0 Å². The lowest BCUT2D eigenvalue weighted by atomic mass is 10.1. The minimum Gasteiger partial charge on any atom is -0.366 e. The molecule has 0 saturated heterocycles. The highest BCUT2D eigenvalue weighted by Crippen LogP contribution is 2.23. The van der Waals surface area contributed by atoms with Crippen molar-refractivity contribution in [3.63, 3.8) is 0 Å². The van der Waals surface area contributed by atoms with Crippen LogP contribution in [-0.4, -0.2) is 24.4 Å². The van der Waals surface area contributed by atoms with Crippen LogP contribution >= 0.6 is 0 Å². The zero-order valence-corrected chi connectivity index (χ0v) is 14.3. The van der Waals surface area contributed by atoms with Crippen molar-refractivity contribution < 1.29 is 0 Å². The van der Waals surface area contributed by atoms with Crippen LogP contribution in [0.1, 0.15) is 18.2 Å². The van der Waals surface area contributed by atoms with Crippen molar-refractivity contribution in [2.24, 2.45) is 0 Å². The van der Waals surface area contributed by atoms with Crippen LogP contribution in [0.15, 0.2) is 54.9 Å². The van der Waals surface area contributed by atoms with Crippen LogP contribution in [0, 0.1) is 6.92 Å². The van der Waals surface area contributed by atoms with Gasteiger partial charge in [-0.1, -0.05) is 30.3 Å². The quantitative estimate of drug-likeness (QED) is 0.607. The van der Waals surface area contributed by atoms with E-state index in [2.05, 4.69) is 40.8 Å². The molecule has 1 N–H and O–H groups in total. The van der Waals surface area contributed by atoms with Crippen molar-refractivity contribution in [3.8, 4) is 11.3 Å². The number of fused-ring (bicyclic) bond motifs is 1. The largest absolute Gasteiger partial charge is 0.366 e. The third-order valence-corrected chi connectivity index (χ3v) is 4.10. The third kappa shape index (κ3) is 3.10. The number of nitrogens with zero attached hydrogens (tertiary/aromatic N) is 5. The highest BCUT2D eigenvalue weighted by molar-refractivity contribution is 5.66. The van der Waals surface area contributed by atoms with Gasteiger partial charge in [0.15, 0.2) is 5.65 Å². The van der Waals surface area contributed by atoms with Gasteiger partial charge in [0.1, 0.15) is 5.82 Å². The molecular formula is C19H20N6. The lowest BCUT2D eigenvalue weighted by molar-refractivity contribution is 0.659. The lowest BCUT2D eigenvalue weighted by Crippen LogP contribution is -2.06. The molecule has 0 saturated carbocycles. The van der Waals surface area contributed by atoms with E-state index in [9.17, 15) is 0 Å². The Labute approximate surface area is 146 Å². The summed E-state index contributed by atoms with van der Waals surface area (Å²) >= 11 is 0. The van der Waals surface area contributed by atoms with Gasteiger partial charge in [0, 0.05) is 42.5 Å². The lowest BCUT2D eigenvalue weighted by Gasteiger charge is -2.10. The Morgan fingerprint density at radius 2 is 1.96 bits per heavy atom. The van der Waals surface area contributed by atoms with Gasteiger partial charge in [-0.3, -0.25) is 4.68 Å². The van der Waals surface area contributed by atoms with Gasteiger partial charge in [-0.25, -0.2) is 4.98 Å². The zero-order chi connectivity index (χ0) is 17.2. The van der Waals surface area contributed by atoms with Crippen LogP contribution in [0.25, 0.3) is 16.9 Å². The number of hydrogen-bond donors (Lipinski definition) is 1. The summed E-state index contributed by atoms with van der Waals surface area (Å²) in [6.07, 6.45) is 3.94. The van der Waals surface area contributed by atoms with E-state index in [0.29, 0.717) is 6.54 Å². The molecule has 0 amide bonds. The van der Waals surface area contributed by atoms with Crippen molar-refractivity contribution in [1.82, 2.24) is 24.4 Å². The number of benzene rings is 1. The molecule has 0 aliphatic rings. The van der Waals surface area contributed by atoms with Gasteiger partial charge >= 0.3 is 0 Å². The normalized spacial score (nSPS) is 11.1. The van der Waals surface area contributed by atoms with Gasteiger partial charge in [0.05, 0.1) is 17.6 Å². The molecule has 25 heavy (non-hydrogen) atoms. The first kappa shape index (κ1) is 15.4. The SMILES string of the molecule is CCn1cc(CNc2cc(-c3ccccc3)nc3cc(C)nn23)cn1. The highest BCUT2D eigenvalue weighted by atomic mass is 15.3. The van der Waals surface area contributed by atoms with Crippen molar-refractivity contribution >= 4 is 11.5 Å². The molecule has 6 nitrogen and oxygen atoms in total. The molecule has 0 radical (unpaired) electrons. The summed E-state index contributed by atoms with van der Waals surface area (Å²) in [4.78, 5) is 4.74. The first-order chi connectivity index (χ1) is 12.2. The zero-order valence-electron chi connectivity index (χ0n) is 14.3. The second kappa shape index (κ2) is 6.39. The van der Waals surface area contributed by atoms with Crippen molar-refractivity contribution in [2.45, 2.75) is 26.9 Å². The van der Waals surface area contributed by atoms with E-state index in [-0.39, 0.29) is 0 Å². The molecule has 6 heteroatoms. The Balaban J connectivity index is 1.70. The smallest absolute Gasteiger partial charge is 0.158 e. The van der Waals surface area contributed by atoms with Crippen LogP contribution in [0.3, 0.4) is 0 Å². The molecular weight excluding hydrogens is 312 g/mol. The summed E-state index contributed by atoms with van der Waals surface area (Å²) in [6.45, 7) is 5.61. The number of aromatic nitrogens is 5. The fourth-order valence-corrected chi connectivity index (χ4v) is 2.84. The Bertz CT molecular complexity index is 999. The maximum Gasteiger partial charge on any atom is 0.158 e. The second-order valence-electron chi connectivity index (χ2n) is 6.01. The number of hydrogen-bond acceptors (Lipinski definition) is 4. The summed E-state index contributed by atoms with van der Waals surface area (Å²) in [5.74, 6) is 0.918. The minimum atomic E-state index is 0.687. The molecule has 0 atom stereocenters. The topological polar surface area (TPSA) is 60.0 Å². The predicted molar refractivity (Wildman–Crippen MR) is 98.4 cm³/mol. The maximum atomic E-state index is 4.74. The van der Waals surface area contributed by atoms with Crippen molar-refractivity contribution in [1.29, 1.82) is 0 Å². The van der Waals surface area contributed by atoms with Gasteiger partial charge in [-0.05, 0) is 13.8 Å². The van der Waals surface area contributed by atoms with Crippen molar-refractivity contribution in [2.75, 3.05) is 5.32 Å². The van der Waals surface area contributed by atoms with E-state index >= 15 is 0 Å². The van der Waals surface area contributed by atoms with Gasteiger partial charge in [0.25, 0.3) is 0 Å². The Hall–Kier alpha value is -3.15. The Morgan fingerprint density at radius 3 is 2.72 bits per heavy atom. The standard InChI is InChI=1S/C19H20N6/c1-3-24-13-15(12-21-24)11-20-18-10-17(16-7-5-4-6-8-16)22-19-9-14(2)23-25(18)19/h4-10,12-13,20H,3,11H2,1-2H3. The first-order valence-electron chi connectivity index (χ1n) is 8.41. The molecule has 0 aliphatic carbocycles. The number of nitrogens with one attached hydrogen (secondary N) is 1. The van der Waals surface area contributed by atoms with Crippen molar-refractivity contribution in [3.05, 3.63) is 66.1 Å². The molecule has 0 fully saturated rings. The van der Waals surface area contributed by atoms with Crippen LogP contribution in [0.4, 0.5) is 5.82 Å². The van der Waals surface area contributed by atoms with Gasteiger partial charge < -0.3 is 5.32 Å². The maximum absolute atomic E-state index is 4.74. The van der Waals surface area contributed by atoms with Crippen LogP contribution in [-0.2, 0) is 13.1 Å². The number of aryl methyl sites for hydroxylation is 2. The van der Waals surface area contributed by atoms with E-state index in [1.54, 1.807) is 0 Å². The molecule has 4 aromatic rings. The van der Waals surface area contributed by atoms with Gasteiger partial charge in [-0.2, -0.15) is 14.7 Å². The summed E-state index contributed by atoms with van der Waals surface area (Å²) in [7, 11) is 0. The fourth-order valence-electron chi connectivity index (χ4n) is 2.84. The van der Waals surface area contributed by atoms with E-state index in [0.717, 1.165) is 40.5 Å². The van der Waals surface area contributed by atoms with E-state index in [4.69, 9.17) is 4.98 Å². The van der Waals surface area contributed by atoms with E-state index in [1.165, 1.54) is 0 Å². The average molecular weight is 332 g/mol. The van der Waals surface area contributed by atoms with Crippen LogP contribution in [0.5, 0.6) is 0 Å². The Kier molecular flexibility index (Phi) is 3.93. The average Bonchev–Trinajstić information content (AvgIpc) is 3.25. The molecule has 0 bridgehead atoms. The molecule has 4 rings (SSSR count). The molecule has 3 heterocycles. The molecule has 1 aromatic carbocycles. The van der Waals surface area contributed by atoms with Crippen LogP contribution < -0.4 is 5.32 Å². The highest BCUT2D eigenvalue weighted by Gasteiger charge is 2.10. The molecule has 0 aliphatic heterocycles. The molecule has 0 spiro atoms. The summed E-state index contributed by atoms with van der Waals surface area (Å²) in [5, 5.41) is 12.3. The monoisotopic (exact) mass is 332 g/mol. The number of anilines is 1. The molecule has 126 valence electrons. The predicted octanol–water partition coefficient (Wildman–Crippen LogP) is 3.53. The number of rotatable bonds is 5. The molecule has 0 unspecified atom stereocenters. The first-order valence-corrected chi connectivity index (χ1v) is 8.41. The molecule has 3 aromatic heterocycles. The summed E-state index contributed by atoms with van der Waals surface area (Å²) in [5.41, 5.74) is 4.94. The Morgan fingerprint density at radius 1 is 1.12 bits per heavy atom. The van der Waals surface area contributed by atoms with Crippen LogP contribution in [0.2, 0.25) is 0 Å². The third-order valence-electron chi connectivity index (χ3n) is 4.10. The van der Waals surface area contributed by atoms with Gasteiger partial charge in [-0.15, -0.1) is 0 Å². The second-order valence-corrected chi connectivity index (χ2v) is 6.01. The minimum absolute atomic E-state index is 0.687. The van der Waals surface area contributed by atoms with E-state index < -0.39 is 0 Å².